The van der Waals surface area contributed by atoms with Crippen LogP contribution in [0.15, 0.2) is 78.9 Å². The Bertz CT molecular complexity index is 1280. The van der Waals surface area contributed by atoms with E-state index in [1.54, 1.807) is 0 Å². The van der Waals surface area contributed by atoms with Crippen molar-refractivity contribution in [1.82, 2.24) is 10.6 Å². The zero-order chi connectivity index (χ0) is 27.1. The van der Waals surface area contributed by atoms with E-state index < -0.39 is 17.4 Å². The molecule has 0 aliphatic heterocycles. The maximum Gasteiger partial charge on any atom is 0.407 e. The van der Waals surface area contributed by atoms with Gasteiger partial charge in [0.25, 0.3) is 0 Å². The normalized spacial score (nSPS) is 14.9. The molecule has 2 aliphatic carbocycles. The van der Waals surface area contributed by atoms with Gasteiger partial charge in [0, 0.05) is 5.92 Å². The van der Waals surface area contributed by atoms with E-state index in [-0.39, 0.29) is 45.0 Å². The van der Waals surface area contributed by atoms with Crippen molar-refractivity contribution in [2.75, 3.05) is 26.5 Å². The first-order valence-corrected chi connectivity index (χ1v) is 13.2. The summed E-state index contributed by atoms with van der Waals surface area (Å²) >= 11 is 0. The third-order valence-corrected chi connectivity index (χ3v) is 7.44. The summed E-state index contributed by atoms with van der Waals surface area (Å²) < 4.78 is 16.6. The van der Waals surface area contributed by atoms with Crippen LogP contribution < -0.4 is 10.6 Å². The Labute approximate surface area is 227 Å². The van der Waals surface area contributed by atoms with Crippen LogP contribution in [0.2, 0.25) is 0 Å². The molecule has 5 rings (SSSR count). The number of nitrogens with one attached hydrogen (secondary N) is 2. The van der Waals surface area contributed by atoms with Crippen LogP contribution in [0.3, 0.4) is 0 Å². The van der Waals surface area contributed by atoms with Gasteiger partial charge >= 0.3 is 12.1 Å². The number of rotatable bonds is 11. The molecule has 0 aromatic heterocycles. The summed E-state index contributed by atoms with van der Waals surface area (Å²) in [6.45, 7) is 0.247. The van der Waals surface area contributed by atoms with E-state index in [4.69, 9.17) is 14.2 Å². The summed E-state index contributed by atoms with van der Waals surface area (Å²) in [5.74, 6) is -0.748. The number of carbonyl (C=O) groups is 3. The fourth-order valence-corrected chi connectivity index (χ4v) is 5.13. The highest BCUT2D eigenvalue weighted by atomic mass is 16.6. The summed E-state index contributed by atoms with van der Waals surface area (Å²) in [7, 11) is 0. The van der Waals surface area contributed by atoms with Crippen LogP contribution in [0.1, 0.15) is 41.9 Å². The zero-order valence-corrected chi connectivity index (χ0v) is 21.7. The molecule has 8 nitrogen and oxygen atoms in total. The van der Waals surface area contributed by atoms with E-state index in [0.717, 1.165) is 34.2 Å². The molecular weight excluding hydrogens is 496 g/mol. The number of alkyl carbamates (subject to hydrolysis) is 1. The predicted molar refractivity (Wildman–Crippen MR) is 145 cm³/mol. The number of esters is 1. The van der Waals surface area contributed by atoms with Gasteiger partial charge in [0.05, 0.1) is 12.0 Å². The number of ether oxygens (including phenoxy) is 3. The van der Waals surface area contributed by atoms with Gasteiger partial charge in [-0.1, -0.05) is 85.3 Å². The fraction of sp³-hybridized carbons (Fsp3) is 0.323. The maximum atomic E-state index is 12.7. The Morgan fingerprint density at radius 2 is 1.44 bits per heavy atom. The van der Waals surface area contributed by atoms with E-state index >= 15 is 0 Å². The molecular formula is C31H32N2O6. The molecule has 202 valence electrons. The Hall–Kier alpha value is -4.17. The zero-order valence-electron chi connectivity index (χ0n) is 21.7. The summed E-state index contributed by atoms with van der Waals surface area (Å²) in [6.07, 6.45) is 1.65. The quantitative estimate of drug-likeness (QED) is 0.215. The van der Waals surface area contributed by atoms with Crippen molar-refractivity contribution in [1.29, 1.82) is 0 Å². The molecule has 1 saturated carbocycles. The Morgan fingerprint density at radius 3 is 2.08 bits per heavy atom. The highest BCUT2D eigenvalue weighted by Crippen LogP contribution is 2.44. The van der Waals surface area contributed by atoms with E-state index in [1.807, 2.05) is 66.7 Å². The molecule has 0 atom stereocenters. The molecule has 2 aliphatic rings. The molecule has 0 unspecified atom stereocenters. The largest absolute Gasteiger partial charge is 0.460 e. The SMILES string of the molecule is O=C(CNC(=O)OCC1c2ccccc2-c2ccccc21)NCOCC1(C(=O)OCc2ccccc2)CCC1. The third kappa shape index (κ3) is 6.12. The standard InChI is InChI=1S/C31H32N2O6/c34-28(33-21-37-20-31(15-8-16-31)29(35)38-18-22-9-2-1-3-10-22)17-32-30(36)39-19-27-25-13-6-4-11-23(25)24-12-5-7-14-26(24)27/h1-7,9-14,27H,8,15-21H2,(H,32,36)(H,33,34). The number of hydrogen-bond donors (Lipinski definition) is 2. The van der Waals surface area contributed by atoms with Gasteiger partial charge < -0.3 is 24.8 Å². The van der Waals surface area contributed by atoms with Gasteiger partial charge in [-0.3, -0.25) is 9.59 Å². The summed E-state index contributed by atoms with van der Waals surface area (Å²) in [6, 6.07) is 25.7. The Morgan fingerprint density at radius 1 is 0.795 bits per heavy atom. The maximum absolute atomic E-state index is 12.7. The molecule has 3 aromatic carbocycles. The molecule has 0 heterocycles. The van der Waals surface area contributed by atoms with Crippen molar-refractivity contribution < 1.29 is 28.6 Å². The monoisotopic (exact) mass is 528 g/mol. The molecule has 0 spiro atoms. The minimum absolute atomic E-state index is 0.0522. The van der Waals surface area contributed by atoms with Crippen molar-refractivity contribution in [3.8, 4) is 11.1 Å². The van der Waals surface area contributed by atoms with Gasteiger partial charge in [0.15, 0.2) is 0 Å². The molecule has 0 radical (unpaired) electrons. The molecule has 2 amide bonds. The average Bonchev–Trinajstić information content (AvgIpc) is 3.27. The summed E-state index contributed by atoms with van der Waals surface area (Å²) in [5.41, 5.74) is 4.80. The smallest absolute Gasteiger partial charge is 0.407 e. The predicted octanol–water partition coefficient (Wildman–Crippen LogP) is 4.53. The van der Waals surface area contributed by atoms with Gasteiger partial charge in [-0.05, 0) is 40.7 Å². The molecule has 2 N–H and O–H groups in total. The van der Waals surface area contributed by atoms with Crippen molar-refractivity contribution >= 4 is 18.0 Å². The Kier molecular flexibility index (Phi) is 8.22. The number of benzene rings is 3. The highest BCUT2D eigenvalue weighted by molar-refractivity contribution is 5.82. The summed E-state index contributed by atoms with van der Waals surface area (Å²) in [5, 5.41) is 5.08. The minimum Gasteiger partial charge on any atom is -0.460 e. The topological polar surface area (TPSA) is 103 Å². The van der Waals surface area contributed by atoms with Crippen molar-refractivity contribution in [3.63, 3.8) is 0 Å². The lowest BCUT2D eigenvalue weighted by atomic mass is 9.69. The van der Waals surface area contributed by atoms with Crippen LogP contribution in [0.5, 0.6) is 0 Å². The van der Waals surface area contributed by atoms with E-state index in [2.05, 4.69) is 22.8 Å². The lowest BCUT2D eigenvalue weighted by Gasteiger charge is -2.38. The second kappa shape index (κ2) is 12.1. The van der Waals surface area contributed by atoms with Gasteiger partial charge in [0.1, 0.15) is 26.5 Å². The van der Waals surface area contributed by atoms with E-state index in [0.29, 0.717) is 12.8 Å². The van der Waals surface area contributed by atoms with Crippen molar-refractivity contribution in [2.24, 2.45) is 5.41 Å². The van der Waals surface area contributed by atoms with Crippen LogP contribution in [0.25, 0.3) is 11.1 Å². The van der Waals surface area contributed by atoms with E-state index in [9.17, 15) is 14.4 Å². The first-order chi connectivity index (χ1) is 19.1. The number of hydrogen-bond acceptors (Lipinski definition) is 6. The first kappa shape index (κ1) is 26.4. The molecule has 0 bridgehead atoms. The lowest BCUT2D eigenvalue weighted by Crippen LogP contribution is -2.45. The van der Waals surface area contributed by atoms with Crippen LogP contribution in [-0.4, -0.2) is 44.5 Å². The highest BCUT2D eigenvalue weighted by Gasteiger charge is 2.46. The number of amides is 2. The van der Waals surface area contributed by atoms with Crippen molar-refractivity contribution in [3.05, 3.63) is 95.6 Å². The minimum atomic E-state index is -0.668. The molecule has 39 heavy (non-hydrogen) atoms. The van der Waals surface area contributed by atoms with Crippen LogP contribution in [0, 0.1) is 5.41 Å². The second-order valence-electron chi connectivity index (χ2n) is 9.97. The number of fused-ring (bicyclic) bond motifs is 3. The van der Waals surface area contributed by atoms with Gasteiger partial charge in [-0.2, -0.15) is 0 Å². The van der Waals surface area contributed by atoms with Crippen LogP contribution >= 0.6 is 0 Å². The average molecular weight is 529 g/mol. The molecule has 0 saturated heterocycles. The summed E-state index contributed by atoms with van der Waals surface area (Å²) in [4.78, 5) is 37.1. The van der Waals surface area contributed by atoms with Gasteiger partial charge in [-0.15, -0.1) is 0 Å². The van der Waals surface area contributed by atoms with Crippen LogP contribution in [-0.2, 0) is 30.4 Å². The van der Waals surface area contributed by atoms with Gasteiger partial charge in [0.2, 0.25) is 5.91 Å². The molecule has 1 fully saturated rings. The van der Waals surface area contributed by atoms with Gasteiger partial charge in [-0.25, -0.2) is 4.79 Å². The first-order valence-electron chi connectivity index (χ1n) is 13.2. The lowest BCUT2D eigenvalue weighted by molar-refractivity contribution is -0.169. The van der Waals surface area contributed by atoms with Crippen LogP contribution in [0.4, 0.5) is 4.79 Å². The van der Waals surface area contributed by atoms with Crippen molar-refractivity contribution in [2.45, 2.75) is 31.8 Å². The molecule has 8 heteroatoms. The third-order valence-electron chi connectivity index (χ3n) is 7.44. The second-order valence-corrected chi connectivity index (χ2v) is 9.97. The Balaban J connectivity index is 1.00. The van der Waals surface area contributed by atoms with E-state index in [1.165, 1.54) is 0 Å². The molecule has 3 aromatic rings. The number of carbonyl (C=O) groups excluding carboxylic acids is 3. The fourth-order valence-electron chi connectivity index (χ4n) is 5.13.